The summed E-state index contributed by atoms with van der Waals surface area (Å²) >= 11 is 6.22. The van der Waals surface area contributed by atoms with Crippen molar-refractivity contribution in [3.8, 4) is 40.2 Å². The second-order valence-corrected chi connectivity index (χ2v) is 42.7. The number of nitriles is 1. The second-order valence-electron chi connectivity index (χ2n) is 42.2. The van der Waals surface area contributed by atoms with Gasteiger partial charge in [-0.2, -0.15) is 5.26 Å². The highest BCUT2D eigenvalue weighted by molar-refractivity contribution is 6.30. The lowest BCUT2D eigenvalue weighted by atomic mass is 9.64. The number of aryl methyl sites for hydroxylation is 1. The molecule has 10 saturated carbocycles. The van der Waals surface area contributed by atoms with Crippen molar-refractivity contribution in [3.05, 3.63) is 177 Å². The van der Waals surface area contributed by atoms with E-state index >= 15 is 0 Å². The number of methoxy groups -OCH3 is 4. The highest BCUT2D eigenvalue weighted by Crippen LogP contribution is 2.52. The molecule has 0 radical (unpaired) electrons. The molecule has 0 N–H and O–H groups in total. The third-order valence-electron chi connectivity index (χ3n) is 35.0. The van der Waals surface area contributed by atoms with Crippen LogP contribution in [0.4, 0.5) is 8.78 Å². The van der Waals surface area contributed by atoms with E-state index in [4.69, 9.17) is 35.3 Å². The first-order valence-electron chi connectivity index (χ1n) is 51.0. The van der Waals surface area contributed by atoms with E-state index in [1.165, 1.54) is 290 Å². The molecule has 6 saturated heterocycles. The highest BCUT2D eigenvalue weighted by atomic mass is 35.5. The van der Waals surface area contributed by atoms with Crippen LogP contribution >= 0.6 is 11.6 Å². The fraction of sp³-hybridized carbons (Fsp3) is 0.667. The summed E-state index contributed by atoms with van der Waals surface area (Å²) in [5.74, 6) is 13.8. The van der Waals surface area contributed by atoms with Crippen molar-refractivity contribution in [2.75, 3.05) is 120 Å². The summed E-state index contributed by atoms with van der Waals surface area (Å²) in [6.45, 7) is 19.0. The van der Waals surface area contributed by atoms with Crippen molar-refractivity contribution < 1.29 is 32.5 Å². The van der Waals surface area contributed by atoms with Gasteiger partial charge in [-0.3, -0.25) is 4.90 Å². The smallest absolute Gasteiger partial charge is 0.162 e. The van der Waals surface area contributed by atoms with Gasteiger partial charge in [-0.1, -0.05) is 154 Å². The van der Waals surface area contributed by atoms with Crippen molar-refractivity contribution in [1.82, 2.24) is 29.4 Å². The van der Waals surface area contributed by atoms with E-state index in [0.29, 0.717) is 23.3 Å². The molecule has 6 heterocycles. The first kappa shape index (κ1) is 91.8. The Morgan fingerprint density at radius 3 is 1.52 bits per heavy atom. The van der Waals surface area contributed by atoms with Crippen LogP contribution < -0.4 is 18.9 Å². The first-order chi connectivity index (χ1) is 61.7. The van der Waals surface area contributed by atoms with E-state index in [1.807, 2.05) is 44.6 Å². The van der Waals surface area contributed by atoms with Crippen LogP contribution in [-0.4, -0.2) is 174 Å². The molecule has 6 aliphatic heterocycles. The number of rotatable bonds is 18. The number of hydrogen-bond donors (Lipinski definition) is 0. The summed E-state index contributed by atoms with van der Waals surface area (Å²) in [5, 5.41) is 10.8. The van der Waals surface area contributed by atoms with Gasteiger partial charge in [0.2, 0.25) is 0 Å². The molecule has 6 aromatic carbocycles. The number of hydrogen-bond acceptors (Lipinski definition) is 12. The van der Waals surface area contributed by atoms with Gasteiger partial charge < -0.3 is 48.2 Å². The van der Waals surface area contributed by atoms with Crippen LogP contribution in [-0.2, 0) is 16.7 Å². The molecule has 16 aliphatic rings. The second kappa shape index (κ2) is 43.9. The Morgan fingerprint density at radius 1 is 0.413 bits per heavy atom. The number of halogens is 3. The molecule has 8 bridgehead atoms. The van der Waals surface area contributed by atoms with Gasteiger partial charge in [0.05, 0.1) is 46.7 Å². The molecule has 12 nitrogen and oxygen atoms in total. The van der Waals surface area contributed by atoms with Crippen LogP contribution in [0, 0.1) is 83.2 Å². The lowest BCUT2D eigenvalue weighted by Crippen LogP contribution is -2.46. The van der Waals surface area contributed by atoms with Crippen molar-refractivity contribution in [1.29, 1.82) is 5.26 Å². The molecule has 6 aromatic rings. The third kappa shape index (κ3) is 22.4. The van der Waals surface area contributed by atoms with E-state index in [1.54, 1.807) is 26.4 Å². The molecule has 10 atom stereocenters. The van der Waals surface area contributed by atoms with Crippen molar-refractivity contribution in [3.63, 3.8) is 0 Å². The van der Waals surface area contributed by atoms with E-state index in [-0.39, 0.29) is 11.3 Å². The SMILES string of the molecule is COc1ccc(-c2cccc(C)c2)cc1C1CCN([C@H]2C[C@H]3CCC2C3)CC1.COc1ccc(CN2CCCOC2)cc1C1CCN(C2CC[C@H]3CCC(C2)C3)CC1.COc1ccc(Cl)cc1C1CCN(CC2CC3CCC2CC3)CC1.COc1ccccc1C1(C#N)CCN(C2CCCCCC2)CC1.Fc1cccc(C2CCN(C3C[C@H]4CCC3C4)CC2)c1F. The molecule has 0 amide bonds. The molecule has 0 aromatic heterocycles. The maximum Gasteiger partial charge on any atom is 0.162 e. The van der Waals surface area contributed by atoms with Gasteiger partial charge in [-0.05, 0) is 391 Å². The highest BCUT2D eigenvalue weighted by Gasteiger charge is 2.47. The van der Waals surface area contributed by atoms with E-state index < -0.39 is 11.6 Å². The molecule has 0 spiro atoms. The maximum absolute atomic E-state index is 13.9. The summed E-state index contributed by atoms with van der Waals surface area (Å²) in [4.78, 5) is 16.1. The predicted octanol–water partition coefficient (Wildman–Crippen LogP) is 25.0. The van der Waals surface area contributed by atoms with Crippen LogP contribution in [0.1, 0.15) is 294 Å². The van der Waals surface area contributed by atoms with E-state index in [9.17, 15) is 14.0 Å². The van der Waals surface area contributed by atoms with Crippen LogP contribution in [0.3, 0.4) is 0 Å². The zero-order valence-corrected chi connectivity index (χ0v) is 78.5. The Hall–Kier alpha value is -6.12. The fourth-order valence-corrected chi connectivity index (χ4v) is 28.1. The summed E-state index contributed by atoms with van der Waals surface area (Å²) in [5.41, 5.74) is 10.8. The van der Waals surface area contributed by atoms with Gasteiger partial charge in [0.15, 0.2) is 11.6 Å². The summed E-state index contributed by atoms with van der Waals surface area (Å²) < 4.78 is 55.6. The van der Waals surface area contributed by atoms with Gasteiger partial charge in [0.25, 0.3) is 0 Å². The first-order valence-corrected chi connectivity index (χ1v) is 51.3. The number of nitrogens with zero attached hydrogens (tertiary/aromatic N) is 7. The lowest BCUT2D eigenvalue weighted by Gasteiger charge is -2.45. The standard InChI is InChI=1S/C26H40N2O2.C26H33NO.C21H30ClNO.C20H28N2O.C18H23F2N/c1-29-26-8-6-22(18-27-11-2-14-30-19-27)17-25(26)23-9-12-28(13-10-23)24-7-5-20-3-4-21(15-20)16-24;1-18-4-3-5-21(14-18)22-8-9-26(28-2)24(17-22)20-10-12-27(13-11-20)25-16-19-6-7-23(25)15-19;1-24-21-7-6-19(22)13-20(21)17-8-10-23(11-9-17)14-18-12-15-2-4-16(18)5-3-15;1-23-19-11-7-6-10-18(19)20(16-21)12-14-22(15-13-20)17-8-4-2-3-5-9-17;19-16-3-1-2-15(18(16)20)13-6-8-21(9-7-13)17-11-12-4-5-14(17)10-12/h6,8,17,20-21,23-24H,2-5,7,9-16,18-19H2,1H3;3-5,8-9,14,17,19-20,23,25H,6-7,10-13,15-16H2,1-2H3;6-7,13,15-18H,2-5,8-12,14H2,1H3;6-7,10-11,17H,2-5,8-9,12-15H2,1H3;1-3,12-14,17H,4-11H2/t20-,21?,24?;19-,23?,25-;;;12-,14?,17?/m10..0/s1. The van der Waals surface area contributed by atoms with Crippen LogP contribution in [0.2, 0.25) is 5.02 Å². The molecular formula is C111H154ClF2N7O5. The molecule has 126 heavy (non-hydrogen) atoms. The van der Waals surface area contributed by atoms with Gasteiger partial charge >= 0.3 is 0 Å². The molecule has 6 unspecified atom stereocenters. The van der Waals surface area contributed by atoms with Crippen molar-refractivity contribution in [2.45, 2.75) is 298 Å². The average molecular weight is 1740 g/mol. The number of benzene rings is 6. The molecule has 10 aliphatic carbocycles. The van der Waals surface area contributed by atoms with Gasteiger partial charge in [0, 0.05) is 74.1 Å². The quantitative estimate of drug-likeness (QED) is 0.0768. The minimum Gasteiger partial charge on any atom is -0.496 e. The average Bonchev–Trinajstić information content (AvgIpc) is 0.970. The van der Waals surface area contributed by atoms with Crippen molar-refractivity contribution >= 4 is 11.6 Å². The number of likely N-dealkylation sites (tertiary alicyclic amines) is 5. The number of fused-ring (bicyclic) bond motifs is 9. The van der Waals surface area contributed by atoms with Gasteiger partial charge in [-0.25, -0.2) is 8.78 Å². The monoisotopic (exact) mass is 1740 g/mol. The summed E-state index contributed by atoms with van der Waals surface area (Å²) in [6, 6.07) is 47.1. The van der Waals surface area contributed by atoms with Gasteiger partial charge in [-0.15, -0.1) is 0 Å². The third-order valence-corrected chi connectivity index (χ3v) is 35.2. The summed E-state index contributed by atoms with van der Waals surface area (Å²) in [7, 11) is 7.10. The Balaban J connectivity index is 0.000000112. The number of ether oxygens (including phenoxy) is 5. The Bertz CT molecular complexity index is 4460. The topological polar surface area (TPSA) is 89.4 Å². The molecule has 16 fully saturated rings. The lowest BCUT2D eigenvalue weighted by molar-refractivity contribution is -0.0177. The van der Waals surface area contributed by atoms with Crippen LogP contribution in [0.15, 0.2) is 121 Å². The largest absolute Gasteiger partial charge is 0.496 e. The normalized spacial score (nSPS) is 29.5. The zero-order chi connectivity index (χ0) is 86.5. The fourth-order valence-electron chi connectivity index (χ4n) is 27.9. The maximum atomic E-state index is 13.9. The van der Waals surface area contributed by atoms with E-state index in [0.717, 1.165) is 196 Å². The number of para-hydroxylation sites is 1. The molecular weight excluding hydrogens is 1580 g/mol. The minimum atomic E-state index is -0.706. The summed E-state index contributed by atoms with van der Waals surface area (Å²) in [6.07, 6.45) is 48.8. The molecule has 15 heteroatoms. The van der Waals surface area contributed by atoms with Gasteiger partial charge in [0.1, 0.15) is 23.0 Å². The van der Waals surface area contributed by atoms with Crippen LogP contribution in [0.25, 0.3) is 11.1 Å². The predicted molar refractivity (Wildman–Crippen MR) is 509 cm³/mol. The Morgan fingerprint density at radius 2 is 0.937 bits per heavy atom. The Labute approximate surface area is 762 Å². The zero-order valence-electron chi connectivity index (χ0n) is 77.7. The number of piperidine rings is 5. The van der Waals surface area contributed by atoms with E-state index in [2.05, 4.69) is 115 Å². The van der Waals surface area contributed by atoms with Crippen LogP contribution in [0.5, 0.6) is 23.0 Å². The Kier molecular flexibility index (Phi) is 32.0. The minimum absolute atomic E-state index is 0.190. The molecule has 22 rings (SSSR count). The van der Waals surface area contributed by atoms with Crippen molar-refractivity contribution in [2.24, 2.45) is 53.3 Å². The molecule has 684 valence electrons.